The number of anilines is 1. The lowest BCUT2D eigenvalue weighted by molar-refractivity contribution is 0.0499. The Labute approximate surface area is 265 Å². The lowest BCUT2D eigenvalue weighted by atomic mass is 9.97. The molecule has 9 heteroatoms. The highest BCUT2D eigenvalue weighted by Gasteiger charge is 2.44. The van der Waals surface area contributed by atoms with Crippen LogP contribution < -0.4 is 19.8 Å². The maximum atomic E-state index is 14.0. The van der Waals surface area contributed by atoms with Crippen molar-refractivity contribution in [3.63, 3.8) is 0 Å². The van der Waals surface area contributed by atoms with Crippen molar-refractivity contribution in [1.82, 2.24) is 0 Å². The van der Waals surface area contributed by atoms with Gasteiger partial charge in [0.25, 0.3) is 5.91 Å². The van der Waals surface area contributed by atoms with E-state index in [4.69, 9.17) is 18.6 Å². The van der Waals surface area contributed by atoms with Crippen LogP contribution in [0.2, 0.25) is 0 Å². The Morgan fingerprint density at radius 3 is 2.39 bits per heavy atom. The Morgan fingerprint density at radius 2 is 1.66 bits per heavy atom. The van der Waals surface area contributed by atoms with Crippen molar-refractivity contribution in [2.24, 2.45) is 0 Å². The molecule has 0 fully saturated rings. The van der Waals surface area contributed by atoms with E-state index < -0.39 is 17.9 Å². The van der Waals surface area contributed by atoms with Crippen LogP contribution in [0.25, 0.3) is 11.0 Å². The van der Waals surface area contributed by atoms with E-state index in [9.17, 15) is 14.4 Å². The lowest BCUT2D eigenvalue weighted by Crippen LogP contribution is -2.29. The number of fused-ring (bicyclic) bond motifs is 2. The van der Waals surface area contributed by atoms with E-state index in [1.165, 1.54) is 4.90 Å². The van der Waals surface area contributed by atoms with Crippen molar-refractivity contribution < 1.29 is 28.2 Å². The Balaban J connectivity index is 1.57. The van der Waals surface area contributed by atoms with E-state index in [1.54, 1.807) is 55.6 Å². The number of carbonyl (C=O) groups excluding carboxylic acids is 2. The van der Waals surface area contributed by atoms with Crippen LogP contribution in [0.5, 0.6) is 11.5 Å². The fourth-order valence-corrected chi connectivity index (χ4v) is 5.72. The van der Waals surface area contributed by atoms with Gasteiger partial charge in [0.2, 0.25) is 5.76 Å². The van der Waals surface area contributed by atoms with Gasteiger partial charge in [-0.1, -0.05) is 61.5 Å². The fraction of sp³-hybridized carbons (Fsp3) is 0.343. The zero-order valence-electron chi connectivity index (χ0n) is 25.2. The summed E-state index contributed by atoms with van der Waals surface area (Å²) in [6.07, 6.45) is 6.01. The number of esters is 1. The molecule has 1 atom stereocenters. The fourth-order valence-electron chi connectivity index (χ4n) is 5.36. The molecule has 4 aromatic rings. The molecule has 230 valence electrons. The van der Waals surface area contributed by atoms with Gasteiger partial charge in [0.15, 0.2) is 16.9 Å². The van der Waals surface area contributed by atoms with Crippen LogP contribution in [0, 0.1) is 0 Å². The van der Waals surface area contributed by atoms with Crippen LogP contribution in [-0.4, -0.2) is 32.2 Å². The number of amides is 1. The number of hydrogen-bond donors (Lipinski definition) is 0. The first kappa shape index (κ1) is 31.3. The van der Waals surface area contributed by atoms with Gasteiger partial charge in [-0.2, -0.15) is 0 Å². The molecular weight excluding hydrogens is 626 g/mol. The molecule has 0 N–H and O–H groups in total. The zero-order valence-corrected chi connectivity index (χ0v) is 26.8. The molecule has 2 heterocycles. The van der Waals surface area contributed by atoms with Gasteiger partial charge in [-0.15, -0.1) is 0 Å². The van der Waals surface area contributed by atoms with Gasteiger partial charge in [0, 0.05) is 10.2 Å². The summed E-state index contributed by atoms with van der Waals surface area (Å²) in [5.74, 6) is 0.177. The standard InChI is InChI=1S/C35H36BrNO7/c1-4-6-8-9-19-42-28-16-12-23(20-29(28)41-3)31-30-32(38)26-21-24(36)13-17-27(26)44-33(30)34(39)37(31)25-14-10-22(11-15-25)35(40)43-18-7-5-2/h10-17,20-21,31H,4-9,18-19H2,1-3H3. The quantitative estimate of drug-likeness (QED) is 0.105. The second-order valence-corrected chi connectivity index (χ2v) is 11.7. The van der Waals surface area contributed by atoms with E-state index in [-0.39, 0.29) is 16.8 Å². The van der Waals surface area contributed by atoms with Crippen molar-refractivity contribution >= 4 is 44.5 Å². The van der Waals surface area contributed by atoms with Gasteiger partial charge in [-0.3, -0.25) is 14.5 Å². The molecule has 1 unspecified atom stereocenters. The molecule has 0 saturated heterocycles. The van der Waals surface area contributed by atoms with Crippen molar-refractivity contribution in [1.29, 1.82) is 0 Å². The maximum absolute atomic E-state index is 14.0. The van der Waals surface area contributed by atoms with Crippen LogP contribution in [0.1, 0.15) is 90.5 Å². The summed E-state index contributed by atoms with van der Waals surface area (Å²) in [6.45, 7) is 5.09. The second kappa shape index (κ2) is 14.1. The highest BCUT2D eigenvalue weighted by molar-refractivity contribution is 9.10. The molecule has 8 nitrogen and oxygen atoms in total. The summed E-state index contributed by atoms with van der Waals surface area (Å²) in [5, 5.41) is 0.363. The third kappa shape index (κ3) is 6.38. The molecule has 0 radical (unpaired) electrons. The van der Waals surface area contributed by atoms with Gasteiger partial charge in [0.05, 0.1) is 42.9 Å². The molecule has 0 saturated carbocycles. The van der Waals surface area contributed by atoms with Crippen LogP contribution in [0.3, 0.4) is 0 Å². The average molecular weight is 663 g/mol. The van der Waals surface area contributed by atoms with Gasteiger partial charge in [0.1, 0.15) is 5.58 Å². The predicted molar refractivity (Wildman–Crippen MR) is 173 cm³/mol. The predicted octanol–water partition coefficient (Wildman–Crippen LogP) is 8.23. The number of halogens is 1. The summed E-state index contributed by atoms with van der Waals surface area (Å²) in [4.78, 5) is 42.1. The molecule has 0 bridgehead atoms. The number of hydrogen-bond acceptors (Lipinski definition) is 7. The number of nitrogens with zero attached hydrogens (tertiary/aromatic N) is 1. The molecular formula is C35H36BrNO7. The number of carbonyl (C=O) groups is 2. The number of methoxy groups -OCH3 is 1. The van der Waals surface area contributed by atoms with Crippen molar-refractivity contribution in [3.8, 4) is 11.5 Å². The first-order valence-corrected chi connectivity index (χ1v) is 15.8. The Kier molecular flexibility index (Phi) is 10.0. The molecule has 1 aliphatic rings. The summed E-state index contributed by atoms with van der Waals surface area (Å²) >= 11 is 3.44. The minimum absolute atomic E-state index is 0.0203. The summed E-state index contributed by atoms with van der Waals surface area (Å²) < 4.78 is 23.9. The lowest BCUT2D eigenvalue weighted by Gasteiger charge is -2.26. The van der Waals surface area contributed by atoms with Crippen LogP contribution in [0.15, 0.2) is 74.3 Å². The second-order valence-electron chi connectivity index (χ2n) is 10.7. The van der Waals surface area contributed by atoms with Crippen molar-refractivity contribution in [2.45, 2.75) is 58.4 Å². The summed E-state index contributed by atoms with van der Waals surface area (Å²) in [6, 6.07) is 16.4. The monoisotopic (exact) mass is 661 g/mol. The first-order valence-electron chi connectivity index (χ1n) is 15.1. The summed E-state index contributed by atoms with van der Waals surface area (Å²) in [5.41, 5.74) is 1.78. The van der Waals surface area contributed by atoms with Gasteiger partial charge in [-0.05, 0) is 73.0 Å². The van der Waals surface area contributed by atoms with E-state index in [0.29, 0.717) is 52.5 Å². The van der Waals surface area contributed by atoms with Crippen molar-refractivity contribution in [2.75, 3.05) is 25.2 Å². The zero-order chi connectivity index (χ0) is 31.2. The third-order valence-corrected chi connectivity index (χ3v) is 8.20. The number of benzene rings is 3. The number of unbranched alkanes of at least 4 members (excludes halogenated alkanes) is 4. The molecule has 3 aromatic carbocycles. The topological polar surface area (TPSA) is 95.3 Å². The molecule has 44 heavy (non-hydrogen) atoms. The highest BCUT2D eigenvalue weighted by Crippen LogP contribution is 2.43. The van der Waals surface area contributed by atoms with Gasteiger partial charge >= 0.3 is 5.97 Å². The van der Waals surface area contributed by atoms with E-state index >= 15 is 0 Å². The Bertz CT molecular complexity index is 1710. The van der Waals surface area contributed by atoms with E-state index in [2.05, 4.69) is 22.9 Å². The van der Waals surface area contributed by atoms with Crippen LogP contribution in [0.4, 0.5) is 5.69 Å². The Morgan fingerprint density at radius 1 is 0.886 bits per heavy atom. The van der Waals surface area contributed by atoms with Crippen LogP contribution in [-0.2, 0) is 4.74 Å². The van der Waals surface area contributed by atoms with Gasteiger partial charge < -0.3 is 18.6 Å². The molecule has 0 aliphatic carbocycles. The molecule has 1 amide bonds. The minimum Gasteiger partial charge on any atom is -0.493 e. The maximum Gasteiger partial charge on any atom is 0.338 e. The van der Waals surface area contributed by atoms with E-state index in [1.807, 2.05) is 19.1 Å². The van der Waals surface area contributed by atoms with Crippen molar-refractivity contribution in [3.05, 3.63) is 97.8 Å². The normalized spacial score (nSPS) is 14.1. The minimum atomic E-state index is -0.813. The van der Waals surface area contributed by atoms with E-state index in [0.717, 1.165) is 43.0 Å². The molecule has 5 rings (SSSR count). The molecule has 0 spiro atoms. The highest BCUT2D eigenvalue weighted by atomic mass is 79.9. The van der Waals surface area contributed by atoms with Crippen LogP contribution >= 0.6 is 15.9 Å². The number of rotatable bonds is 13. The number of ether oxygens (including phenoxy) is 3. The molecule has 1 aromatic heterocycles. The average Bonchev–Trinajstić information content (AvgIpc) is 3.33. The largest absolute Gasteiger partial charge is 0.493 e. The van der Waals surface area contributed by atoms with Gasteiger partial charge in [-0.25, -0.2) is 4.79 Å². The smallest absolute Gasteiger partial charge is 0.338 e. The Hall–Kier alpha value is -4.11. The first-order chi connectivity index (χ1) is 21.4. The SMILES string of the molecule is CCCCCCOc1ccc(C2c3c(oc4ccc(Br)cc4c3=O)C(=O)N2c2ccc(C(=O)OCCCC)cc2)cc1OC. The summed E-state index contributed by atoms with van der Waals surface area (Å²) in [7, 11) is 1.56. The molecule has 1 aliphatic heterocycles. The third-order valence-electron chi connectivity index (χ3n) is 7.70.